The Balaban J connectivity index is 1.59. The summed E-state index contributed by atoms with van der Waals surface area (Å²) in [5, 5.41) is 13.1. The van der Waals surface area contributed by atoms with Crippen LogP contribution in [0.25, 0.3) is 0 Å². The molecule has 4 aliphatic rings. The van der Waals surface area contributed by atoms with Crippen LogP contribution in [0.2, 0.25) is 4.34 Å². The van der Waals surface area contributed by atoms with Crippen LogP contribution in [0.3, 0.4) is 0 Å². The number of carbonyl (C=O) groups is 2. The van der Waals surface area contributed by atoms with Crippen LogP contribution in [0.4, 0.5) is 13.2 Å². The molecule has 0 bridgehead atoms. The summed E-state index contributed by atoms with van der Waals surface area (Å²) in [4.78, 5) is 33.1. The summed E-state index contributed by atoms with van der Waals surface area (Å²) < 4.78 is 48.3. The summed E-state index contributed by atoms with van der Waals surface area (Å²) >= 11 is 7.44. The van der Waals surface area contributed by atoms with E-state index in [1.54, 1.807) is 20.0 Å². The third-order valence-corrected chi connectivity index (χ3v) is 11.5. The van der Waals surface area contributed by atoms with Gasteiger partial charge in [0.05, 0.1) is 17.0 Å². The number of halogens is 4. The molecule has 1 heterocycles. The minimum absolute atomic E-state index is 0.0399. The minimum atomic E-state index is -2.28. The standard InChI is InChI=1S/C29H35ClF3NO4S/c1-5-16-10-19-20-12-22(32)21-11-17(35)8-9-26(21,2)28(20,33)23(36)13-27(19,3)29(16,24(37)14-31)38-34(4)15-18-6-7-25(30)39-18/h6-9,11,16,19-20,22-23,36H,5,10,12-15H2,1-4H3/t16-,19+,20+,22+,23+,26+,27+,28+,29+/m1/s1. The van der Waals surface area contributed by atoms with Gasteiger partial charge in [-0.05, 0) is 74.3 Å². The van der Waals surface area contributed by atoms with Gasteiger partial charge in [0, 0.05) is 28.7 Å². The van der Waals surface area contributed by atoms with Gasteiger partial charge < -0.3 is 5.11 Å². The van der Waals surface area contributed by atoms with E-state index in [-0.39, 0.29) is 25.0 Å². The maximum atomic E-state index is 17.5. The number of allylic oxidation sites excluding steroid dienone is 4. The van der Waals surface area contributed by atoms with E-state index in [9.17, 15) is 19.1 Å². The molecule has 214 valence electrons. The molecule has 1 aromatic rings. The van der Waals surface area contributed by atoms with Gasteiger partial charge in [-0.15, -0.1) is 11.3 Å². The number of alkyl halides is 3. The number of rotatable bonds is 7. The molecule has 3 fully saturated rings. The van der Waals surface area contributed by atoms with Gasteiger partial charge in [-0.25, -0.2) is 13.2 Å². The molecule has 0 aromatic carbocycles. The highest BCUT2D eigenvalue weighted by atomic mass is 35.5. The quantitative estimate of drug-likeness (QED) is 0.398. The first kappa shape index (κ1) is 29.0. The Kier molecular flexibility index (Phi) is 7.28. The number of Topliss-reactive ketones (excluding diaryl/α,β-unsaturated/α-hetero) is 1. The fourth-order valence-electron chi connectivity index (χ4n) is 8.62. The van der Waals surface area contributed by atoms with Gasteiger partial charge in [0.25, 0.3) is 0 Å². The number of nitrogens with zero attached hydrogens (tertiary/aromatic N) is 1. The zero-order chi connectivity index (χ0) is 28.5. The molecule has 10 heteroatoms. The number of thiophene rings is 1. The summed E-state index contributed by atoms with van der Waals surface area (Å²) in [6.07, 6.45) is 0.940. The molecule has 0 aliphatic heterocycles. The average Bonchev–Trinajstić information content (AvgIpc) is 3.39. The molecular weight excluding hydrogens is 551 g/mol. The Labute approximate surface area is 236 Å². The maximum Gasteiger partial charge on any atom is 0.198 e. The number of hydroxylamine groups is 2. The molecule has 3 saturated carbocycles. The van der Waals surface area contributed by atoms with Crippen LogP contribution in [0, 0.1) is 28.6 Å². The first-order valence-electron chi connectivity index (χ1n) is 13.5. The Morgan fingerprint density at radius 3 is 2.62 bits per heavy atom. The second kappa shape index (κ2) is 9.79. The minimum Gasteiger partial charge on any atom is -0.390 e. The predicted molar refractivity (Wildman–Crippen MR) is 143 cm³/mol. The number of hydrogen-bond acceptors (Lipinski definition) is 6. The third kappa shape index (κ3) is 3.90. The van der Waals surface area contributed by atoms with E-state index in [2.05, 4.69) is 0 Å². The van der Waals surface area contributed by atoms with Crippen LogP contribution in [-0.2, 0) is 21.0 Å². The van der Waals surface area contributed by atoms with Gasteiger partial charge in [0.2, 0.25) is 0 Å². The topological polar surface area (TPSA) is 66.8 Å². The lowest BCUT2D eigenvalue weighted by molar-refractivity contribution is -0.295. The smallest absolute Gasteiger partial charge is 0.198 e. The van der Waals surface area contributed by atoms with Crippen LogP contribution in [-0.4, -0.2) is 59.0 Å². The number of carbonyl (C=O) groups excluding carboxylic acids is 2. The molecule has 4 aliphatic carbocycles. The van der Waals surface area contributed by atoms with Crippen molar-refractivity contribution in [3.8, 4) is 0 Å². The molecule has 0 radical (unpaired) electrons. The molecule has 0 unspecified atom stereocenters. The zero-order valence-electron chi connectivity index (χ0n) is 22.6. The van der Waals surface area contributed by atoms with E-state index < -0.39 is 70.4 Å². The highest BCUT2D eigenvalue weighted by Gasteiger charge is 2.78. The number of ketones is 2. The molecular formula is C29H35ClF3NO4S. The summed E-state index contributed by atoms with van der Waals surface area (Å²) in [6.45, 7) is 4.19. The summed E-state index contributed by atoms with van der Waals surface area (Å²) in [7, 11) is 1.66. The maximum absolute atomic E-state index is 17.5. The highest BCUT2D eigenvalue weighted by Crippen LogP contribution is 2.72. The Morgan fingerprint density at radius 2 is 2.00 bits per heavy atom. The van der Waals surface area contributed by atoms with Crippen molar-refractivity contribution < 1.29 is 32.7 Å². The van der Waals surface area contributed by atoms with Crippen LogP contribution in [0.5, 0.6) is 0 Å². The lowest BCUT2D eigenvalue weighted by Crippen LogP contribution is -2.71. The van der Waals surface area contributed by atoms with Gasteiger partial charge in [-0.2, -0.15) is 5.06 Å². The fraction of sp³-hybridized carbons (Fsp3) is 0.655. The van der Waals surface area contributed by atoms with Crippen molar-refractivity contribution in [3.05, 3.63) is 45.1 Å². The molecule has 0 spiro atoms. The molecule has 5 nitrogen and oxygen atoms in total. The molecule has 1 aromatic heterocycles. The van der Waals surface area contributed by atoms with E-state index in [1.807, 2.05) is 13.0 Å². The van der Waals surface area contributed by atoms with E-state index in [1.165, 1.54) is 35.5 Å². The first-order chi connectivity index (χ1) is 18.3. The van der Waals surface area contributed by atoms with Crippen LogP contribution >= 0.6 is 22.9 Å². The summed E-state index contributed by atoms with van der Waals surface area (Å²) in [6, 6.07) is 3.59. The Bertz CT molecular complexity index is 1240. The SMILES string of the molecule is CC[C@@H]1C[C@H]2[C@@H]3C[C@H](F)C4=CC(=O)C=C[C@]4(C)[C@@]3(F)[C@@H](O)C[C@]2(C)[C@@]1(ON(C)Cc1ccc(Cl)s1)C(=O)CF. The van der Waals surface area contributed by atoms with Crippen LogP contribution < -0.4 is 0 Å². The fourth-order valence-corrected chi connectivity index (χ4v) is 9.75. The molecule has 1 N–H and O–H groups in total. The number of fused-ring (bicyclic) bond motifs is 5. The van der Waals surface area contributed by atoms with Crippen molar-refractivity contribution >= 4 is 34.5 Å². The predicted octanol–water partition coefficient (Wildman–Crippen LogP) is 6.00. The highest BCUT2D eigenvalue weighted by molar-refractivity contribution is 7.16. The van der Waals surface area contributed by atoms with Gasteiger partial charge in [-0.1, -0.05) is 31.5 Å². The second-order valence-electron chi connectivity index (χ2n) is 12.1. The number of aliphatic hydroxyl groups excluding tert-OH is 1. The zero-order valence-corrected chi connectivity index (χ0v) is 24.1. The molecule has 0 saturated heterocycles. The number of hydrogen-bond donors (Lipinski definition) is 1. The first-order valence-corrected chi connectivity index (χ1v) is 14.7. The normalized spacial score (nSPS) is 43.2. The van der Waals surface area contributed by atoms with Gasteiger partial charge in [-0.3, -0.25) is 14.4 Å². The van der Waals surface area contributed by atoms with Gasteiger partial charge in [0.15, 0.2) is 29.5 Å². The van der Waals surface area contributed by atoms with Crippen molar-refractivity contribution in [1.82, 2.24) is 5.06 Å². The molecule has 0 amide bonds. The van der Waals surface area contributed by atoms with Crippen molar-refractivity contribution in [3.63, 3.8) is 0 Å². The van der Waals surface area contributed by atoms with Crippen molar-refractivity contribution in [2.75, 3.05) is 13.7 Å². The van der Waals surface area contributed by atoms with Crippen molar-refractivity contribution in [2.45, 2.75) is 76.5 Å². The van der Waals surface area contributed by atoms with Crippen molar-refractivity contribution in [2.24, 2.45) is 28.6 Å². The van der Waals surface area contributed by atoms with E-state index >= 15 is 8.78 Å². The van der Waals surface area contributed by atoms with E-state index in [4.69, 9.17) is 16.4 Å². The Morgan fingerprint density at radius 1 is 1.28 bits per heavy atom. The molecule has 9 atom stereocenters. The largest absolute Gasteiger partial charge is 0.390 e. The number of aliphatic hydroxyl groups is 1. The van der Waals surface area contributed by atoms with Crippen LogP contribution in [0.1, 0.15) is 51.3 Å². The third-order valence-electron chi connectivity index (χ3n) is 10.3. The molecule has 39 heavy (non-hydrogen) atoms. The monoisotopic (exact) mass is 585 g/mol. The average molecular weight is 586 g/mol. The van der Waals surface area contributed by atoms with E-state index in [0.29, 0.717) is 17.2 Å². The second-order valence-corrected chi connectivity index (χ2v) is 13.9. The lowest BCUT2D eigenvalue weighted by Gasteiger charge is -2.63. The summed E-state index contributed by atoms with van der Waals surface area (Å²) in [5.74, 6) is -3.19. The van der Waals surface area contributed by atoms with Gasteiger partial charge in [0.1, 0.15) is 6.17 Å². The summed E-state index contributed by atoms with van der Waals surface area (Å²) in [5.41, 5.74) is -6.63. The Hall–Kier alpha value is -1.52. The van der Waals surface area contributed by atoms with Crippen molar-refractivity contribution in [1.29, 1.82) is 0 Å². The molecule has 5 rings (SSSR count). The van der Waals surface area contributed by atoms with Crippen LogP contribution in [0.15, 0.2) is 35.9 Å². The van der Waals surface area contributed by atoms with Gasteiger partial charge >= 0.3 is 0 Å². The van der Waals surface area contributed by atoms with E-state index in [0.717, 1.165) is 11.0 Å². The lowest BCUT2D eigenvalue weighted by atomic mass is 9.44.